The summed E-state index contributed by atoms with van der Waals surface area (Å²) >= 11 is 1.19. The Morgan fingerprint density at radius 3 is 2.58 bits per heavy atom. The van der Waals surface area contributed by atoms with Crippen LogP contribution in [0.15, 0.2) is 70.6 Å². The van der Waals surface area contributed by atoms with E-state index in [0.717, 1.165) is 24.3 Å². The van der Waals surface area contributed by atoms with Crippen molar-refractivity contribution in [2.24, 2.45) is 0 Å². The van der Waals surface area contributed by atoms with Crippen molar-refractivity contribution in [2.45, 2.75) is 11.7 Å². The summed E-state index contributed by atoms with van der Waals surface area (Å²) in [6.45, 7) is 3.19. The molecule has 0 unspecified atom stereocenters. The van der Waals surface area contributed by atoms with Gasteiger partial charge in [-0.25, -0.2) is 9.37 Å². The lowest BCUT2D eigenvalue weighted by Crippen LogP contribution is -2.36. The van der Waals surface area contributed by atoms with E-state index >= 15 is 0 Å². The fourth-order valence-corrected chi connectivity index (χ4v) is 5.42. The quantitative estimate of drug-likeness (QED) is 0.199. The summed E-state index contributed by atoms with van der Waals surface area (Å²) in [6.07, 6.45) is 0. The molecular weight excluding hydrogens is 509 g/mol. The zero-order chi connectivity index (χ0) is 26.1. The molecule has 0 radical (unpaired) electrons. The Morgan fingerprint density at radius 1 is 0.974 bits per heavy atom. The highest BCUT2D eigenvalue weighted by atomic mass is 32.2. The molecule has 3 aromatic carbocycles. The van der Waals surface area contributed by atoms with E-state index in [1.807, 2.05) is 36.4 Å². The van der Waals surface area contributed by atoms with Crippen molar-refractivity contribution in [1.29, 1.82) is 0 Å². The predicted octanol–water partition coefficient (Wildman–Crippen LogP) is 4.12. The molecule has 38 heavy (non-hydrogen) atoms. The van der Waals surface area contributed by atoms with E-state index in [-0.39, 0.29) is 30.4 Å². The topological polar surface area (TPSA) is 82.9 Å². The molecule has 0 atom stereocenters. The average molecular weight is 534 g/mol. The molecule has 194 valence electrons. The molecule has 8 nitrogen and oxygen atoms in total. The number of Topliss-reactive ketones (excluding diaryl/α,β-unsaturated/α-hetero) is 1. The van der Waals surface area contributed by atoms with Crippen molar-refractivity contribution < 1.29 is 23.4 Å². The standard InChI is InChI=1S/C28H24FN3O5S/c29-20-4-2-19(3-5-20)24(33)16-38-28-30-23-7-6-21(31-9-11-35-12-10-31)14-22(23)27(34)32(28)15-18-1-8-25-26(13-18)37-17-36-25/h1-8,13-14H,9-12,15-17H2. The zero-order valence-corrected chi connectivity index (χ0v) is 21.2. The Bertz CT molecular complexity index is 1570. The van der Waals surface area contributed by atoms with Crippen molar-refractivity contribution in [3.63, 3.8) is 0 Å². The predicted molar refractivity (Wildman–Crippen MR) is 142 cm³/mol. The second-order valence-corrected chi connectivity index (χ2v) is 9.94. The van der Waals surface area contributed by atoms with E-state index in [2.05, 4.69) is 4.90 Å². The summed E-state index contributed by atoms with van der Waals surface area (Å²) in [5.41, 5.74) is 2.56. The Hall–Kier alpha value is -3.89. The van der Waals surface area contributed by atoms with E-state index in [9.17, 15) is 14.0 Å². The van der Waals surface area contributed by atoms with Gasteiger partial charge in [-0.05, 0) is 60.2 Å². The van der Waals surface area contributed by atoms with Crippen molar-refractivity contribution >= 4 is 34.1 Å². The molecule has 2 aliphatic rings. The number of ether oxygens (including phenoxy) is 3. The van der Waals surface area contributed by atoms with Crippen LogP contribution < -0.4 is 19.9 Å². The maximum atomic E-state index is 13.9. The first-order valence-electron chi connectivity index (χ1n) is 12.2. The van der Waals surface area contributed by atoms with E-state index in [4.69, 9.17) is 19.2 Å². The van der Waals surface area contributed by atoms with Crippen LogP contribution >= 0.6 is 11.8 Å². The molecule has 1 aromatic heterocycles. The van der Waals surface area contributed by atoms with Gasteiger partial charge in [0.1, 0.15) is 5.82 Å². The van der Waals surface area contributed by atoms with Gasteiger partial charge in [0.05, 0.1) is 36.4 Å². The van der Waals surface area contributed by atoms with Crippen LogP contribution in [0.2, 0.25) is 0 Å². The number of nitrogens with zero attached hydrogens (tertiary/aromatic N) is 3. The van der Waals surface area contributed by atoms with Gasteiger partial charge in [-0.1, -0.05) is 17.8 Å². The summed E-state index contributed by atoms with van der Waals surface area (Å²) in [4.78, 5) is 33.6. The number of benzene rings is 3. The third-order valence-corrected chi connectivity index (χ3v) is 7.53. The van der Waals surface area contributed by atoms with E-state index in [1.165, 1.54) is 36.0 Å². The van der Waals surface area contributed by atoms with Gasteiger partial charge in [0.15, 0.2) is 22.4 Å². The van der Waals surface area contributed by atoms with Crippen LogP contribution in [0, 0.1) is 5.82 Å². The molecule has 0 aliphatic carbocycles. The van der Waals surface area contributed by atoms with Crippen LogP contribution in [0.3, 0.4) is 0 Å². The summed E-state index contributed by atoms with van der Waals surface area (Å²) < 4.78 is 31.3. The summed E-state index contributed by atoms with van der Waals surface area (Å²) in [7, 11) is 0. The monoisotopic (exact) mass is 533 g/mol. The molecule has 0 spiro atoms. The molecule has 1 fully saturated rings. The number of morpholine rings is 1. The number of hydrogen-bond acceptors (Lipinski definition) is 8. The number of rotatable bonds is 7. The number of ketones is 1. The Labute approximate surface area is 221 Å². The third kappa shape index (κ3) is 4.97. The minimum atomic E-state index is -0.403. The fourth-order valence-electron chi connectivity index (χ4n) is 4.53. The molecule has 6 rings (SSSR count). The molecule has 0 amide bonds. The normalized spacial score (nSPS) is 14.7. The molecule has 1 saturated heterocycles. The van der Waals surface area contributed by atoms with Crippen LogP contribution in [0.1, 0.15) is 15.9 Å². The average Bonchev–Trinajstić information content (AvgIpc) is 3.42. The molecule has 0 bridgehead atoms. The van der Waals surface area contributed by atoms with Gasteiger partial charge >= 0.3 is 0 Å². The number of hydrogen-bond donors (Lipinski definition) is 0. The highest BCUT2D eigenvalue weighted by Crippen LogP contribution is 2.33. The van der Waals surface area contributed by atoms with E-state index < -0.39 is 5.82 Å². The van der Waals surface area contributed by atoms with E-state index in [0.29, 0.717) is 46.3 Å². The minimum Gasteiger partial charge on any atom is -0.454 e. The second-order valence-electron chi connectivity index (χ2n) is 8.99. The van der Waals surface area contributed by atoms with Gasteiger partial charge in [-0.3, -0.25) is 14.2 Å². The summed E-state index contributed by atoms with van der Waals surface area (Å²) in [5, 5.41) is 0.929. The van der Waals surface area contributed by atoms with Gasteiger partial charge in [0.2, 0.25) is 6.79 Å². The number of anilines is 1. The molecule has 3 heterocycles. The summed E-state index contributed by atoms with van der Waals surface area (Å²) in [6, 6.07) is 16.7. The van der Waals surface area contributed by atoms with Crippen LogP contribution in [0.5, 0.6) is 11.5 Å². The summed E-state index contributed by atoms with van der Waals surface area (Å²) in [5.74, 6) is 0.754. The number of carbonyl (C=O) groups is 1. The number of halogens is 1. The number of carbonyl (C=O) groups excluding carboxylic acids is 1. The Morgan fingerprint density at radius 2 is 1.76 bits per heavy atom. The highest BCUT2D eigenvalue weighted by molar-refractivity contribution is 7.99. The number of aromatic nitrogens is 2. The Balaban J connectivity index is 1.36. The lowest BCUT2D eigenvalue weighted by Gasteiger charge is -2.29. The highest BCUT2D eigenvalue weighted by Gasteiger charge is 2.19. The van der Waals surface area contributed by atoms with Gasteiger partial charge in [-0.2, -0.15) is 0 Å². The largest absolute Gasteiger partial charge is 0.454 e. The smallest absolute Gasteiger partial charge is 0.262 e. The molecule has 0 saturated carbocycles. The Kier molecular flexibility index (Phi) is 6.73. The number of fused-ring (bicyclic) bond motifs is 2. The molecule has 2 aliphatic heterocycles. The fraction of sp³-hybridized carbons (Fsp3) is 0.250. The van der Waals surface area contributed by atoms with Crippen molar-refractivity contribution in [1.82, 2.24) is 9.55 Å². The zero-order valence-electron chi connectivity index (χ0n) is 20.4. The SMILES string of the molecule is O=C(CSc1nc2ccc(N3CCOCC3)cc2c(=O)n1Cc1ccc2c(c1)OCO2)c1ccc(F)cc1. The van der Waals surface area contributed by atoms with Gasteiger partial charge < -0.3 is 19.1 Å². The molecule has 0 N–H and O–H groups in total. The maximum absolute atomic E-state index is 13.9. The van der Waals surface area contributed by atoms with Crippen LogP contribution in [-0.2, 0) is 11.3 Å². The number of thioether (sulfide) groups is 1. The van der Waals surface area contributed by atoms with Gasteiger partial charge in [0.25, 0.3) is 5.56 Å². The van der Waals surface area contributed by atoms with Crippen molar-refractivity contribution in [2.75, 3.05) is 43.7 Å². The van der Waals surface area contributed by atoms with Gasteiger partial charge in [-0.15, -0.1) is 0 Å². The lowest BCUT2D eigenvalue weighted by atomic mass is 10.1. The molecule has 4 aromatic rings. The van der Waals surface area contributed by atoms with Gasteiger partial charge in [0, 0.05) is 24.3 Å². The maximum Gasteiger partial charge on any atom is 0.262 e. The van der Waals surface area contributed by atoms with Crippen LogP contribution in [-0.4, -0.2) is 54.2 Å². The minimum absolute atomic E-state index is 0.0522. The molecular formula is C28H24FN3O5S. The lowest BCUT2D eigenvalue weighted by molar-refractivity contribution is 0.102. The first-order valence-corrected chi connectivity index (χ1v) is 13.2. The van der Waals surface area contributed by atoms with Crippen molar-refractivity contribution in [3.8, 4) is 11.5 Å². The van der Waals surface area contributed by atoms with E-state index in [1.54, 1.807) is 4.57 Å². The van der Waals surface area contributed by atoms with Crippen molar-refractivity contribution in [3.05, 3.63) is 88.0 Å². The first-order chi connectivity index (χ1) is 18.5. The first kappa shape index (κ1) is 24.4. The van der Waals surface area contributed by atoms with Crippen LogP contribution in [0.25, 0.3) is 10.9 Å². The second kappa shape index (κ2) is 10.5. The van der Waals surface area contributed by atoms with Crippen LogP contribution in [0.4, 0.5) is 10.1 Å². The third-order valence-electron chi connectivity index (χ3n) is 6.56. The molecule has 10 heteroatoms.